The minimum atomic E-state index is -0.964. The molecule has 1 atom stereocenters. The van der Waals surface area contributed by atoms with Gasteiger partial charge in [-0.25, -0.2) is 0 Å². The monoisotopic (exact) mass is 199 g/mol. The van der Waals surface area contributed by atoms with Gasteiger partial charge >= 0.3 is 12.0 Å². The lowest BCUT2D eigenvalue weighted by molar-refractivity contribution is -0.137. The topological polar surface area (TPSA) is 88.3 Å². The number of anilines is 1. The fourth-order valence-electron chi connectivity index (χ4n) is 0.775. The lowest BCUT2D eigenvalue weighted by atomic mass is 10.2. The fraction of sp³-hybridized carbons (Fsp3) is 0.625. The third kappa shape index (κ3) is 2.45. The molecule has 1 rings (SSSR count). The molecule has 14 heavy (non-hydrogen) atoms. The Morgan fingerprint density at radius 1 is 1.50 bits per heavy atom. The molecule has 2 N–H and O–H groups in total. The molecule has 0 aliphatic rings. The molecular weight excluding hydrogens is 186 g/mol. The van der Waals surface area contributed by atoms with E-state index in [4.69, 9.17) is 9.63 Å². The molecule has 1 heterocycles. The van der Waals surface area contributed by atoms with Crippen LogP contribution < -0.4 is 5.32 Å². The maximum absolute atomic E-state index is 10.5. The minimum Gasteiger partial charge on any atom is -0.480 e. The van der Waals surface area contributed by atoms with Crippen LogP contribution in [0.1, 0.15) is 32.5 Å². The number of carboxylic acid groups (broad SMARTS) is 1. The van der Waals surface area contributed by atoms with Gasteiger partial charge in [-0.3, -0.25) is 4.79 Å². The van der Waals surface area contributed by atoms with E-state index >= 15 is 0 Å². The van der Waals surface area contributed by atoms with Gasteiger partial charge in [0.2, 0.25) is 0 Å². The van der Waals surface area contributed by atoms with E-state index in [0.717, 1.165) is 0 Å². The largest absolute Gasteiger partial charge is 0.480 e. The van der Waals surface area contributed by atoms with Crippen LogP contribution in [0.4, 0.5) is 6.01 Å². The molecule has 6 nitrogen and oxygen atoms in total. The lowest BCUT2D eigenvalue weighted by Gasteiger charge is -2.04. The van der Waals surface area contributed by atoms with Crippen molar-refractivity contribution in [3.05, 3.63) is 5.82 Å². The average Bonchev–Trinajstić information content (AvgIpc) is 2.52. The molecule has 0 radical (unpaired) electrons. The van der Waals surface area contributed by atoms with Gasteiger partial charge in [-0.2, -0.15) is 4.98 Å². The van der Waals surface area contributed by atoms with Crippen molar-refractivity contribution in [3.8, 4) is 0 Å². The van der Waals surface area contributed by atoms with Gasteiger partial charge < -0.3 is 14.9 Å². The number of carboxylic acids is 1. The Hall–Kier alpha value is -1.59. The molecule has 78 valence electrons. The molecule has 0 aromatic carbocycles. The number of rotatable bonds is 4. The molecule has 1 unspecified atom stereocenters. The van der Waals surface area contributed by atoms with Crippen molar-refractivity contribution in [3.63, 3.8) is 0 Å². The van der Waals surface area contributed by atoms with Crippen LogP contribution in [0.15, 0.2) is 4.52 Å². The second-order valence-electron chi connectivity index (χ2n) is 3.32. The van der Waals surface area contributed by atoms with Gasteiger partial charge in [0.25, 0.3) is 0 Å². The second kappa shape index (κ2) is 4.08. The smallest absolute Gasteiger partial charge is 0.325 e. The predicted molar refractivity (Wildman–Crippen MR) is 49.1 cm³/mol. The minimum absolute atomic E-state index is 0.142. The first-order valence-electron chi connectivity index (χ1n) is 4.33. The third-order valence-corrected chi connectivity index (χ3v) is 1.67. The van der Waals surface area contributed by atoms with Gasteiger partial charge in [-0.05, 0) is 6.92 Å². The van der Waals surface area contributed by atoms with Crippen molar-refractivity contribution in [2.75, 3.05) is 5.32 Å². The van der Waals surface area contributed by atoms with Crippen LogP contribution in [0.5, 0.6) is 0 Å². The second-order valence-corrected chi connectivity index (χ2v) is 3.32. The van der Waals surface area contributed by atoms with Crippen molar-refractivity contribution in [1.82, 2.24) is 10.1 Å². The number of aromatic nitrogens is 2. The van der Waals surface area contributed by atoms with E-state index in [9.17, 15) is 4.79 Å². The van der Waals surface area contributed by atoms with E-state index in [-0.39, 0.29) is 11.9 Å². The molecule has 0 bridgehead atoms. The van der Waals surface area contributed by atoms with Crippen LogP contribution in [0.2, 0.25) is 0 Å². The van der Waals surface area contributed by atoms with E-state index in [1.807, 2.05) is 13.8 Å². The standard InChI is InChI=1S/C8H13N3O3/c1-4(2)6-10-8(14-11-6)9-5(3)7(12)13/h4-5H,1-3H3,(H,12,13)(H,9,10,11). The van der Waals surface area contributed by atoms with Crippen LogP contribution in [-0.4, -0.2) is 27.3 Å². The quantitative estimate of drug-likeness (QED) is 0.754. The van der Waals surface area contributed by atoms with E-state index in [1.54, 1.807) is 0 Å². The Balaban J connectivity index is 2.64. The maximum atomic E-state index is 10.5. The first-order valence-corrected chi connectivity index (χ1v) is 4.33. The van der Waals surface area contributed by atoms with E-state index < -0.39 is 12.0 Å². The van der Waals surface area contributed by atoms with E-state index in [1.165, 1.54) is 6.92 Å². The molecule has 0 spiro atoms. The molecule has 6 heteroatoms. The summed E-state index contributed by atoms with van der Waals surface area (Å²) in [7, 11) is 0. The Morgan fingerprint density at radius 2 is 2.14 bits per heavy atom. The normalized spacial score (nSPS) is 12.9. The van der Waals surface area contributed by atoms with Crippen LogP contribution >= 0.6 is 0 Å². The SMILES string of the molecule is CC(Nc1nc(C(C)C)no1)C(=O)O. The Bertz CT molecular complexity index is 321. The van der Waals surface area contributed by atoms with Crippen LogP contribution in [0, 0.1) is 0 Å². The number of hydrogen-bond donors (Lipinski definition) is 2. The highest BCUT2D eigenvalue weighted by molar-refractivity contribution is 5.75. The summed E-state index contributed by atoms with van der Waals surface area (Å²) in [6.07, 6.45) is 0. The summed E-state index contributed by atoms with van der Waals surface area (Å²) in [6.45, 7) is 5.35. The Kier molecular flexibility index (Phi) is 3.06. The average molecular weight is 199 g/mol. The summed E-state index contributed by atoms with van der Waals surface area (Å²) in [6, 6.07) is -0.598. The molecule has 0 saturated carbocycles. The first-order chi connectivity index (χ1) is 6.50. The summed E-state index contributed by atoms with van der Waals surface area (Å²) in [5.74, 6) is -0.242. The van der Waals surface area contributed by atoms with Gasteiger partial charge in [0.15, 0.2) is 5.82 Å². The van der Waals surface area contributed by atoms with Gasteiger partial charge in [0, 0.05) is 5.92 Å². The van der Waals surface area contributed by atoms with Crippen molar-refractivity contribution in [2.45, 2.75) is 32.7 Å². The van der Waals surface area contributed by atoms with Crippen molar-refractivity contribution in [2.24, 2.45) is 0 Å². The molecule has 0 aliphatic carbocycles. The number of nitrogens with one attached hydrogen (secondary N) is 1. The molecule has 1 aromatic rings. The number of aliphatic carboxylic acids is 1. The van der Waals surface area contributed by atoms with E-state index in [2.05, 4.69) is 15.5 Å². The van der Waals surface area contributed by atoms with Crippen LogP contribution in [0.3, 0.4) is 0 Å². The third-order valence-electron chi connectivity index (χ3n) is 1.67. The Morgan fingerprint density at radius 3 is 2.57 bits per heavy atom. The van der Waals surface area contributed by atoms with Crippen LogP contribution in [-0.2, 0) is 4.79 Å². The Labute approximate surface area is 81.3 Å². The molecule has 0 saturated heterocycles. The van der Waals surface area contributed by atoms with Gasteiger partial charge in [-0.1, -0.05) is 19.0 Å². The van der Waals surface area contributed by atoms with E-state index in [0.29, 0.717) is 5.82 Å². The molecular formula is C8H13N3O3. The fourth-order valence-corrected chi connectivity index (χ4v) is 0.775. The van der Waals surface area contributed by atoms with Crippen molar-refractivity contribution in [1.29, 1.82) is 0 Å². The molecule has 0 aliphatic heterocycles. The first kappa shape index (κ1) is 10.5. The molecule has 1 aromatic heterocycles. The summed E-state index contributed by atoms with van der Waals surface area (Å²) < 4.78 is 4.81. The zero-order chi connectivity index (χ0) is 10.7. The molecule has 0 fully saturated rings. The predicted octanol–water partition coefficient (Wildman–Crippen LogP) is 1.08. The summed E-state index contributed by atoms with van der Waals surface area (Å²) in [5, 5.41) is 14.9. The number of nitrogens with zero attached hydrogens (tertiary/aromatic N) is 2. The van der Waals surface area contributed by atoms with Crippen LogP contribution in [0.25, 0.3) is 0 Å². The highest BCUT2D eigenvalue weighted by atomic mass is 16.5. The lowest BCUT2D eigenvalue weighted by Crippen LogP contribution is -2.25. The van der Waals surface area contributed by atoms with Gasteiger partial charge in [-0.15, -0.1) is 0 Å². The highest BCUT2D eigenvalue weighted by Crippen LogP contribution is 2.12. The van der Waals surface area contributed by atoms with Gasteiger partial charge in [0.05, 0.1) is 0 Å². The zero-order valence-electron chi connectivity index (χ0n) is 8.31. The number of hydrogen-bond acceptors (Lipinski definition) is 5. The number of carbonyl (C=O) groups is 1. The summed E-state index contributed by atoms with van der Waals surface area (Å²) >= 11 is 0. The summed E-state index contributed by atoms with van der Waals surface area (Å²) in [4.78, 5) is 14.5. The molecule has 0 amide bonds. The van der Waals surface area contributed by atoms with Gasteiger partial charge in [0.1, 0.15) is 6.04 Å². The van der Waals surface area contributed by atoms with Crippen molar-refractivity contribution < 1.29 is 14.4 Å². The zero-order valence-corrected chi connectivity index (χ0v) is 8.31. The maximum Gasteiger partial charge on any atom is 0.325 e. The highest BCUT2D eigenvalue weighted by Gasteiger charge is 2.15. The summed E-state index contributed by atoms with van der Waals surface area (Å²) in [5.41, 5.74) is 0. The van der Waals surface area contributed by atoms with Crippen molar-refractivity contribution >= 4 is 12.0 Å².